The number of hydrogen-bond donors (Lipinski definition) is 2. The van der Waals surface area contributed by atoms with Crippen molar-refractivity contribution in [2.75, 3.05) is 6.26 Å². The van der Waals surface area contributed by atoms with Gasteiger partial charge in [0.2, 0.25) is 10.0 Å². The molecule has 1 unspecified atom stereocenters. The van der Waals surface area contributed by atoms with E-state index in [-0.39, 0.29) is 11.2 Å². The zero-order valence-electron chi connectivity index (χ0n) is 17.2. The largest absolute Gasteiger partial charge is 0.508 e. The predicted molar refractivity (Wildman–Crippen MR) is 115 cm³/mol. The summed E-state index contributed by atoms with van der Waals surface area (Å²) in [5.74, 6) is 0.160. The molecule has 0 amide bonds. The number of phenolic OH excluding ortho intramolecular Hbond substituents is 1. The molecule has 0 heterocycles. The van der Waals surface area contributed by atoms with Gasteiger partial charge >= 0.3 is 0 Å². The maximum Gasteiger partial charge on any atom is 0.209 e. The predicted octanol–water partition coefficient (Wildman–Crippen LogP) is 5.16. The van der Waals surface area contributed by atoms with Gasteiger partial charge in [-0.25, -0.2) is 8.42 Å². The van der Waals surface area contributed by atoms with Crippen molar-refractivity contribution in [2.24, 2.45) is 5.41 Å². The molecule has 152 valence electrons. The molecule has 3 rings (SSSR count). The van der Waals surface area contributed by atoms with Crippen LogP contribution in [-0.4, -0.2) is 19.8 Å². The van der Waals surface area contributed by atoms with Crippen molar-refractivity contribution in [3.8, 4) is 16.9 Å². The minimum Gasteiger partial charge on any atom is -0.508 e. The number of fused-ring (bicyclic) bond motifs is 1. The highest BCUT2D eigenvalue weighted by molar-refractivity contribution is 7.88. The molecule has 0 aliphatic heterocycles. The Bertz CT molecular complexity index is 951. The fourth-order valence-corrected chi connectivity index (χ4v) is 5.54. The highest BCUT2D eigenvalue weighted by Crippen LogP contribution is 2.66. The van der Waals surface area contributed by atoms with E-state index >= 15 is 0 Å². The third-order valence-electron chi connectivity index (χ3n) is 5.96. The van der Waals surface area contributed by atoms with Gasteiger partial charge in [0.25, 0.3) is 0 Å². The minimum atomic E-state index is -3.48. The Morgan fingerprint density at radius 2 is 1.68 bits per heavy atom. The molecule has 0 fully saturated rings. The second-order valence-electron chi connectivity index (χ2n) is 8.57. The van der Waals surface area contributed by atoms with E-state index in [1.54, 1.807) is 6.07 Å². The molecule has 5 heteroatoms. The molecule has 0 aromatic heterocycles. The van der Waals surface area contributed by atoms with Crippen LogP contribution in [0.1, 0.15) is 64.0 Å². The summed E-state index contributed by atoms with van der Waals surface area (Å²) in [5, 5.41) is 10.6. The zero-order chi connectivity index (χ0) is 20.6. The third kappa shape index (κ3) is 3.70. The van der Waals surface area contributed by atoms with Gasteiger partial charge in [-0.1, -0.05) is 82.9 Å². The number of hydrogen-bond acceptors (Lipinski definition) is 3. The van der Waals surface area contributed by atoms with Gasteiger partial charge in [0.05, 0.1) is 11.8 Å². The maximum atomic E-state index is 12.3. The van der Waals surface area contributed by atoms with E-state index in [4.69, 9.17) is 0 Å². The number of unbranched alkanes of at least 4 members (excludes halogenated alkanes) is 3. The SMILES string of the molecule is CCCCCCC(C)(C)C1(NS(C)(=O)=O)c2c(O)ccc(-c3ccccc3)c21. The number of sulfonamides is 1. The summed E-state index contributed by atoms with van der Waals surface area (Å²) in [6.45, 7) is 6.38. The molecule has 1 aliphatic carbocycles. The zero-order valence-corrected chi connectivity index (χ0v) is 18.1. The van der Waals surface area contributed by atoms with Crippen molar-refractivity contribution in [3.63, 3.8) is 0 Å². The molecular weight excluding hydrogens is 370 g/mol. The highest BCUT2D eigenvalue weighted by Gasteiger charge is 2.64. The Morgan fingerprint density at radius 1 is 1.00 bits per heavy atom. The number of nitrogens with one attached hydrogen (secondary N) is 1. The van der Waals surface area contributed by atoms with E-state index in [2.05, 4.69) is 25.5 Å². The van der Waals surface area contributed by atoms with Crippen LogP contribution in [0, 0.1) is 5.41 Å². The summed E-state index contributed by atoms with van der Waals surface area (Å²) in [7, 11) is -3.48. The van der Waals surface area contributed by atoms with Crippen LogP contribution in [-0.2, 0) is 15.6 Å². The Kier molecular flexibility index (Phi) is 5.61. The highest BCUT2D eigenvalue weighted by atomic mass is 32.2. The lowest BCUT2D eigenvalue weighted by Crippen LogP contribution is -2.46. The lowest BCUT2D eigenvalue weighted by Gasteiger charge is -2.36. The van der Waals surface area contributed by atoms with Gasteiger partial charge in [-0.05, 0) is 34.6 Å². The summed E-state index contributed by atoms with van der Waals surface area (Å²) >= 11 is 0. The fraction of sp³-hybridized carbons (Fsp3) is 0.478. The minimum absolute atomic E-state index is 0.160. The molecule has 4 nitrogen and oxygen atoms in total. The quantitative estimate of drug-likeness (QED) is 0.570. The number of phenols is 1. The molecule has 28 heavy (non-hydrogen) atoms. The van der Waals surface area contributed by atoms with Gasteiger partial charge < -0.3 is 5.11 Å². The molecule has 0 spiro atoms. The Hall–Kier alpha value is -1.85. The van der Waals surface area contributed by atoms with Crippen LogP contribution >= 0.6 is 0 Å². The summed E-state index contributed by atoms with van der Waals surface area (Å²) in [5.41, 5.74) is 2.40. The smallest absolute Gasteiger partial charge is 0.209 e. The van der Waals surface area contributed by atoms with Crippen molar-refractivity contribution < 1.29 is 13.5 Å². The summed E-state index contributed by atoms with van der Waals surface area (Å²) in [4.78, 5) is 0. The van der Waals surface area contributed by atoms with Crippen molar-refractivity contribution in [3.05, 3.63) is 53.6 Å². The average molecular weight is 402 g/mol. The first kappa shape index (κ1) is 20.9. The molecule has 2 aromatic carbocycles. The summed E-state index contributed by atoms with van der Waals surface area (Å²) in [6, 6.07) is 13.5. The van der Waals surface area contributed by atoms with Gasteiger partial charge in [-0.2, -0.15) is 4.72 Å². The van der Waals surface area contributed by atoms with E-state index in [0.29, 0.717) is 0 Å². The fourth-order valence-electron chi connectivity index (χ4n) is 4.50. The first-order valence-electron chi connectivity index (χ1n) is 10.1. The molecule has 0 saturated carbocycles. The molecule has 0 saturated heterocycles. The van der Waals surface area contributed by atoms with Gasteiger partial charge in [-0.3, -0.25) is 0 Å². The van der Waals surface area contributed by atoms with Crippen molar-refractivity contribution >= 4 is 10.0 Å². The van der Waals surface area contributed by atoms with E-state index in [0.717, 1.165) is 47.9 Å². The van der Waals surface area contributed by atoms with E-state index in [1.165, 1.54) is 12.7 Å². The van der Waals surface area contributed by atoms with Crippen LogP contribution in [0.25, 0.3) is 11.1 Å². The average Bonchev–Trinajstić information content (AvgIpc) is 3.29. The van der Waals surface area contributed by atoms with Crippen LogP contribution < -0.4 is 4.72 Å². The molecule has 1 atom stereocenters. The van der Waals surface area contributed by atoms with Crippen LogP contribution in [0.4, 0.5) is 0 Å². The Balaban J connectivity index is 2.08. The molecule has 1 aliphatic rings. The normalized spacial score (nSPS) is 18.7. The van der Waals surface area contributed by atoms with Crippen molar-refractivity contribution in [2.45, 2.75) is 58.4 Å². The monoisotopic (exact) mass is 401 g/mol. The third-order valence-corrected chi connectivity index (χ3v) is 6.64. The van der Waals surface area contributed by atoms with Gasteiger partial charge in [-0.15, -0.1) is 0 Å². The van der Waals surface area contributed by atoms with Crippen LogP contribution in [0.5, 0.6) is 5.75 Å². The molecule has 0 bridgehead atoms. The van der Waals surface area contributed by atoms with Gasteiger partial charge in [0.15, 0.2) is 0 Å². The lowest BCUT2D eigenvalue weighted by molar-refractivity contribution is 0.205. The first-order valence-corrected chi connectivity index (χ1v) is 11.9. The first-order chi connectivity index (χ1) is 13.1. The molecule has 0 radical (unpaired) electrons. The summed E-state index contributed by atoms with van der Waals surface area (Å²) in [6.07, 6.45) is 6.56. The second-order valence-corrected chi connectivity index (χ2v) is 10.3. The summed E-state index contributed by atoms with van der Waals surface area (Å²) < 4.78 is 27.6. The van der Waals surface area contributed by atoms with Crippen LogP contribution in [0.15, 0.2) is 42.5 Å². The Morgan fingerprint density at radius 3 is 2.29 bits per heavy atom. The number of benzene rings is 2. The standard InChI is InChI=1S/C23H31NO3S/c1-5-6-7-11-16-22(2,3)23(24-28(4,26)27)20-18(14-15-19(25)21(20)23)17-12-9-8-10-13-17/h8-10,12-15,24-25H,5-7,11,16H2,1-4H3. The lowest BCUT2D eigenvalue weighted by atomic mass is 9.75. The van der Waals surface area contributed by atoms with E-state index < -0.39 is 15.6 Å². The number of rotatable bonds is 9. The van der Waals surface area contributed by atoms with Crippen molar-refractivity contribution in [1.29, 1.82) is 0 Å². The van der Waals surface area contributed by atoms with Gasteiger partial charge in [0.1, 0.15) is 5.75 Å². The Labute approximate surface area is 169 Å². The number of aromatic hydroxyl groups is 1. The van der Waals surface area contributed by atoms with Crippen LogP contribution in [0.2, 0.25) is 0 Å². The maximum absolute atomic E-state index is 12.3. The van der Waals surface area contributed by atoms with E-state index in [9.17, 15) is 13.5 Å². The van der Waals surface area contributed by atoms with Crippen LogP contribution in [0.3, 0.4) is 0 Å². The molecule has 2 aromatic rings. The second kappa shape index (κ2) is 7.53. The topological polar surface area (TPSA) is 66.4 Å². The molecule has 2 N–H and O–H groups in total. The van der Waals surface area contributed by atoms with Gasteiger partial charge in [0, 0.05) is 5.56 Å². The van der Waals surface area contributed by atoms with E-state index in [1.807, 2.05) is 36.4 Å². The molecular formula is C23H31NO3S. The van der Waals surface area contributed by atoms with Crippen molar-refractivity contribution in [1.82, 2.24) is 4.72 Å².